The van der Waals surface area contributed by atoms with Gasteiger partial charge in [0.1, 0.15) is 11.5 Å². The van der Waals surface area contributed by atoms with Crippen molar-refractivity contribution in [2.75, 3.05) is 18.1 Å². The number of piperidine rings is 1. The molecule has 1 aliphatic rings. The maximum absolute atomic E-state index is 9.13. The van der Waals surface area contributed by atoms with Crippen LogP contribution in [0.1, 0.15) is 31.4 Å². The van der Waals surface area contributed by atoms with E-state index in [1.807, 2.05) is 12.1 Å². The van der Waals surface area contributed by atoms with Crippen molar-refractivity contribution < 1.29 is 5.11 Å². The van der Waals surface area contributed by atoms with Crippen molar-refractivity contribution in [3.63, 3.8) is 0 Å². The van der Waals surface area contributed by atoms with E-state index in [4.69, 9.17) is 16.2 Å². The SMILES string of the molecule is N=C(N)c1cc(N2CCCCC2CCO)ccn1. The van der Waals surface area contributed by atoms with Gasteiger partial charge in [-0.05, 0) is 37.8 Å². The van der Waals surface area contributed by atoms with Crippen molar-refractivity contribution in [1.29, 1.82) is 5.41 Å². The van der Waals surface area contributed by atoms with Gasteiger partial charge >= 0.3 is 0 Å². The van der Waals surface area contributed by atoms with E-state index in [0.717, 1.165) is 25.1 Å². The molecule has 1 aliphatic heterocycles. The highest BCUT2D eigenvalue weighted by Gasteiger charge is 2.22. The van der Waals surface area contributed by atoms with Gasteiger partial charge in [0.15, 0.2) is 0 Å². The van der Waals surface area contributed by atoms with Gasteiger partial charge in [-0.1, -0.05) is 0 Å². The van der Waals surface area contributed by atoms with E-state index in [1.165, 1.54) is 12.8 Å². The third kappa shape index (κ3) is 2.79. The quantitative estimate of drug-likeness (QED) is 0.550. The summed E-state index contributed by atoms with van der Waals surface area (Å²) in [5, 5.41) is 16.6. The number of nitrogen functional groups attached to an aromatic ring is 1. The number of aliphatic hydroxyl groups excluding tert-OH is 1. The summed E-state index contributed by atoms with van der Waals surface area (Å²) in [6, 6.07) is 4.19. The molecule has 0 amide bonds. The normalized spacial score (nSPS) is 19.8. The molecule has 4 N–H and O–H groups in total. The highest BCUT2D eigenvalue weighted by Crippen LogP contribution is 2.26. The van der Waals surface area contributed by atoms with Crippen LogP contribution in [0.4, 0.5) is 5.69 Å². The molecule has 0 saturated carbocycles. The van der Waals surface area contributed by atoms with Gasteiger partial charge < -0.3 is 15.7 Å². The molecule has 5 heteroatoms. The average molecular weight is 248 g/mol. The Morgan fingerprint density at radius 1 is 1.56 bits per heavy atom. The van der Waals surface area contributed by atoms with Gasteiger partial charge in [0.25, 0.3) is 0 Å². The van der Waals surface area contributed by atoms with Gasteiger partial charge in [0, 0.05) is 31.1 Å². The van der Waals surface area contributed by atoms with Crippen molar-refractivity contribution in [2.24, 2.45) is 5.73 Å². The maximum Gasteiger partial charge on any atom is 0.141 e. The number of rotatable bonds is 4. The molecule has 2 rings (SSSR count). The Kier molecular flexibility index (Phi) is 4.15. The first-order valence-electron chi connectivity index (χ1n) is 6.40. The zero-order chi connectivity index (χ0) is 13.0. The molecule has 1 unspecified atom stereocenters. The van der Waals surface area contributed by atoms with Gasteiger partial charge in [-0.3, -0.25) is 10.4 Å². The third-order valence-electron chi connectivity index (χ3n) is 3.44. The summed E-state index contributed by atoms with van der Waals surface area (Å²) in [4.78, 5) is 6.38. The summed E-state index contributed by atoms with van der Waals surface area (Å²) in [5.74, 6) is -0.00688. The number of amidine groups is 1. The van der Waals surface area contributed by atoms with E-state index in [0.29, 0.717) is 11.7 Å². The number of pyridine rings is 1. The molecule has 5 nitrogen and oxygen atoms in total. The molecule has 0 bridgehead atoms. The number of anilines is 1. The van der Waals surface area contributed by atoms with Crippen LogP contribution in [0.25, 0.3) is 0 Å². The smallest absolute Gasteiger partial charge is 0.141 e. The molecule has 1 atom stereocenters. The first-order valence-corrected chi connectivity index (χ1v) is 6.40. The molecule has 0 aromatic carbocycles. The number of aliphatic hydroxyl groups is 1. The second-order valence-electron chi connectivity index (χ2n) is 4.67. The summed E-state index contributed by atoms with van der Waals surface area (Å²) in [7, 11) is 0. The monoisotopic (exact) mass is 248 g/mol. The molecule has 0 aliphatic carbocycles. The van der Waals surface area contributed by atoms with Gasteiger partial charge in [-0.15, -0.1) is 0 Å². The van der Waals surface area contributed by atoms with Crippen LogP contribution in [-0.2, 0) is 0 Å². The van der Waals surface area contributed by atoms with Gasteiger partial charge in [0.05, 0.1) is 0 Å². The summed E-state index contributed by atoms with van der Waals surface area (Å²) in [6.45, 7) is 1.21. The fraction of sp³-hybridized carbons (Fsp3) is 0.538. The fourth-order valence-corrected chi connectivity index (χ4v) is 2.53. The van der Waals surface area contributed by atoms with Gasteiger partial charge in [-0.2, -0.15) is 0 Å². The zero-order valence-corrected chi connectivity index (χ0v) is 10.5. The van der Waals surface area contributed by atoms with Gasteiger partial charge in [0.2, 0.25) is 0 Å². The maximum atomic E-state index is 9.13. The van der Waals surface area contributed by atoms with E-state index in [2.05, 4.69) is 9.88 Å². The van der Waals surface area contributed by atoms with E-state index >= 15 is 0 Å². The number of hydrogen-bond acceptors (Lipinski definition) is 4. The van der Waals surface area contributed by atoms with Crippen LogP contribution in [0.15, 0.2) is 18.3 Å². The lowest BCUT2D eigenvalue weighted by molar-refractivity contribution is 0.262. The molecular weight excluding hydrogens is 228 g/mol. The van der Waals surface area contributed by atoms with Crippen LogP contribution >= 0.6 is 0 Å². The second-order valence-corrected chi connectivity index (χ2v) is 4.67. The van der Waals surface area contributed by atoms with Crippen LogP contribution in [0.5, 0.6) is 0 Å². The first-order chi connectivity index (χ1) is 8.72. The fourth-order valence-electron chi connectivity index (χ4n) is 2.53. The number of nitrogens with one attached hydrogen (secondary N) is 1. The van der Waals surface area contributed by atoms with E-state index in [-0.39, 0.29) is 12.4 Å². The molecule has 98 valence electrons. The number of nitrogens with two attached hydrogens (primary N) is 1. The van der Waals surface area contributed by atoms with E-state index in [9.17, 15) is 0 Å². The van der Waals surface area contributed by atoms with Crippen molar-refractivity contribution in [3.05, 3.63) is 24.0 Å². The minimum Gasteiger partial charge on any atom is -0.396 e. The lowest BCUT2D eigenvalue weighted by Gasteiger charge is -2.37. The topological polar surface area (TPSA) is 86.2 Å². The second kappa shape index (κ2) is 5.82. The third-order valence-corrected chi connectivity index (χ3v) is 3.44. The Morgan fingerprint density at radius 3 is 3.11 bits per heavy atom. The molecule has 1 fully saturated rings. The number of nitrogens with zero attached hydrogens (tertiary/aromatic N) is 2. The predicted molar refractivity (Wildman–Crippen MR) is 71.9 cm³/mol. The van der Waals surface area contributed by atoms with Crippen molar-refractivity contribution >= 4 is 11.5 Å². The molecule has 1 saturated heterocycles. The molecule has 2 heterocycles. The Labute approximate surface area is 107 Å². The summed E-state index contributed by atoms with van der Waals surface area (Å²) in [6.07, 6.45) is 5.97. The van der Waals surface area contributed by atoms with Crippen LogP contribution in [-0.4, -0.2) is 35.1 Å². The highest BCUT2D eigenvalue weighted by molar-refractivity contribution is 5.93. The minimum atomic E-state index is -0.00688. The molecule has 18 heavy (non-hydrogen) atoms. The Hall–Kier alpha value is -1.62. The molecule has 0 spiro atoms. The number of aromatic nitrogens is 1. The minimum absolute atomic E-state index is 0.00688. The van der Waals surface area contributed by atoms with E-state index < -0.39 is 0 Å². The Morgan fingerprint density at radius 2 is 2.39 bits per heavy atom. The lowest BCUT2D eigenvalue weighted by atomic mass is 9.99. The van der Waals surface area contributed by atoms with E-state index in [1.54, 1.807) is 6.20 Å². The van der Waals surface area contributed by atoms with Gasteiger partial charge in [-0.25, -0.2) is 0 Å². The number of hydrogen-bond donors (Lipinski definition) is 3. The van der Waals surface area contributed by atoms with Crippen molar-refractivity contribution in [1.82, 2.24) is 4.98 Å². The largest absolute Gasteiger partial charge is 0.396 e. The summed E-state index contributed by atoms with van der Waals surface area (Å²) in [5.41, 5.74) is 7.03. The Balaban J connectivity index is 2.22. The molecule has 1 aromatic heterocycles. The standard InChI is InChI=1S/C13H20N4O/c14-13(15)12-9-11(4-6-16-12)17-7-2-1-3-10(17)5-8-18/h4,6,9-10,18H,1-3,5,7-8H2,(H3,14,15). The molecule has 0 radical (unpaired) electrons. The van der Waals surface area contributed by atoms with Crippen LogP contribution in [0, 0.1) is 5.41 Å². The average Bonchev–Trinajstić information content (AvgIpc) is 2.40. The predicted octanol–water partition coefficient (Wildman–Crippen LogP) is 1.11. The highest BCUT2D eigenvalue weighted by atomic mass is 16.3. The van der Waals surface area contributed by atoms with Crippen molar-refractivity contribution in [3.8, 4) is 0 Å². The summed E-state index contributed by atoms with van der Waals surface area (Å²) >= 11 is 0. The van der Waals surface area contributed by atoms with Crippen LogP contribution < -0.4 is 10.6 Å². The van der Waals surface area contributed by atoms with Crippen molar-refractivity contribution in [2.45, 2.75) is 31.7 Å². The summed E-state index contributed by atoms with van der Waals surface area (Å²) < 4.78 is 0. The molecule has 1 aromatic rings. The first kappa shape index (κ1) is 12.8. The lowest BCUT2D eigenvalue weighted by Crippen LogP contribution is -2.40. The van der Waals surface area contributed by atoms with Crippen LogP contribution in [0.3, 0.4) is 0 Å². The molecular formula is C13H20N4O. The van der Waals surface area contributed by atoms with Crippen LogP contribution in [0.2, 0.25) is 0 Å². The zero-order valence-electron chi connectivity index (χ0n) is 10.5. The Bertz CT molecular complexity index is 419.